The van der Waals surface area contributed by atoms with Crippen molar-refractivity contribution >= 4 is 23.6 Å². The van der Waals surface area contributed by atoms with E-state index in [0.29, 0.717) is 43.2 Å². The highest BCUT2D eigenvalue weighted by atomic mass is 32.2. The molecule has 0 heterocycles. The molecule has 0 aromatic heterocycles. The highest BCUT2D eigenvalue weighted by molar-refractivity contribution is 7.99. The Hall–Kier alpha value is -3.65. The van der Waals surface area contributed by atoms with Crippen molar-refractivity contribution in [2.24, 2.45) is 0 Å². The van der Waals surface area contributed by atoms with Gasteiger partial charge >= 0.3 is 0 Å². The molecule has 0 spiro atoms. The van der Waals surface area contributed by atoms with Crippen LogP contribution in [0, 0.1) is 0 Å². The van der Waals surface area contributed by atoms with Crippen LogP contribution < -0.4 is 24.8 Å². The van der Waals surface area contributed by atoms with E-state index in [1.54, 1.807) is 21.3 Å². The minimum absolute atomic E-state index is 0.00346. The fraction of sp³-hybridized carbons (Fsp3) is 0.375. The van der Waals surface area contributed by atoms with Crippen LogP contribution in [-0.2, 0) is 35.3 Å². The summed E-state index contributed by atoms with van der Waals surface area (Å²) in [7, 11) is 4.95. The molecule has 7 nitrogen and oxygen atoms in total. The van der Waals surface area contributed by atoms with Gasteiger partial charge in [0.25, 0.3) is 0 Å². The number of rotatable bonds is 17. The van der Waals surface area contributed by atoms with Gasteiger partial charge in [-0.2, -0.15) is 11.8 Å². The number of nitrogens with one attached hydrogen (secondary N) is 2. The number of hydrogen-bond acceptors (Lipinski definition) is 6. The molecule has 2 amide bonds. The molecule has 40 heavy (non-hydrogen) atoms. The number of methoxy groups -OCH3 is 3. The number of aryl methyl sites for hydroxylation is 1. The van der Waals surface area contributed by atoms with E-state index >= 15 is 0 Å². The van der Waals surface area contributed by atoms with Gasteiger partial charge in [-0.1, -0.05) is 48.5 Å². The molecular weight excluding hydrogens is 524 g/mol. The summed E-state index contributed by atoms with van der Waals surface area (Å²) in [6, 6.07) is 22.1. The molecule has 3 aromatic carbocycles. The Morgan fingerprint density at radius 3 is 2.23 bits per heavy atom. The van der Waals surface area contributed by atoms with E-state index in [1.165, 1.54) is 22.9 Å². The molecule has 3 aromatic rings. The predicted molar refractivity (Wildman–Crippen MR) is 162 cm³/mol. The quantitative estimate of drug-likeness (QED) is 0.233. The SMILES string of the molecule is COc1cccc(CCc2c(CCNC(=O)CCSCC(=O)NCCc3ccccc3)ccc(OC)c2OC)c1. The first-order valence-electron chi connectivity index (χ1n) is 13.5. The van der Waals surface area contributed by atoms with E-state index in [1.807, 2.05) is 60.7 Å². The number of carbonyl (C=O) groups is 2. The third-order valence-electron chi connectivity index (χ3n) is 6.55. The minimum Gasteiger partial charge on any atom is -0.497 e. The van der Waals surface area contributed by atoms with Crippen LogP contribution in [0.15, 0.2) is 66.7 Å². The minimum atomic E-state index is -0.0182. The maximum Gasteiger partial charge on any atom is 0.230 e. The summed E-state index contributed by atoms with van der Waals surface area (Å²) in [4.78, 5) is 24.5. The molecule has 0 saturated carbocycles. The van der Waals surface area contributed by atoms with Crippen LogP contribution in [0.4, 0.5) is 0 Å². The lowest BCUT2D eigenvalue weighted by Crippen LogP contribution is -2.28. The zero-order valence-corrected chi connectivity index (χ0v) is 24.5. The van der Waals surface area contributed by atoms with Crippen molar-refractivity contribution < 1.29 is 23.8 Å². The molecule has 0 radical (unpaired) electrons. The van der Waals surface area contributed by atoms with Crippen molar-refractivity contribution in [2.75, 3.05) is 45.9 Å². The van der Waals surface area contributed by atoms with E-state index in [-0.39, 0.29) is 11.8 Å². The maximum absolute atomic E-state index is 12.4. The lowest BCUT2D eigenvalue weighted by atomic mass is 9.96. The van der Waals surface area contributed by atoms with Crippen molar-refractivity contribution in [1.29, 1.82) is 0 Å². The van der Waals surface area contributed by atoms with E-state index in [9.17, 15) is 9.59 Å². The smallest absolute Gasteiger partial charge is 0.230 e. The van der Waals surface area contributed by atoms with Gasteiger partial charge in [0.2, 0.25) is 11.8 Å². The number of thioether (sulfide) groups is 1. The topological polar surface area (TPSA) is 85.9 Å². The second-order valence-electron chi connectivity index (χ2n) is 9.28. The molecule has 8 heteroatoms. The molecule has 2 N–H and O–H groups in total. The molecule has 0 bridgehead atoms. The summed E-state index contributed by atoms with van der Waals surface area (Å²) < 4.78 is 16.6. The molecule has 3 rings (SSSR count). The van der Waals surface area contributed by atoms with Gasteiger partial charge < -0.3 is 24.8 Å². The molecule has 0 fully saturated rings. The average Bonchev–Trinajstić information content (AvgIpc) is 2.98. The van der Waals surface area contributed by atoms with Gasteiger partial charge in [-0.15, -0.1) is 0 Å². The second kappa shape index (κ2) is 17.1. The lowest BCUT2D eigenvalue weighted by Gasteiger charge is -2.17. The molecular formula is C32H40N2O5S. The normalized spacial score (nSPS) is 10.6. The van der Waals surface area contributed by atoms with Gasteiger partial charge in [0.05, 0.1) is 27.1 Å². The first-order chi connectivity index (χ1) is 19.5. The highest BCUT2D eigenvalue weighted by Crippen LogP contribution is 2.34. The summed E-state index contributed by atoms with van der Waals surface area (Å²) in [5, 5.41) is 5.95. The number of hydrogen-bond donors (Lipinski definition) is 2. The summed E-state index contributed by atoms with van der Waals surface area (Å²) in [5.74, 6) is 3.18. The van der Waals surface area contributed by atoms with E-state index in [2.05, 4.69) is 16.7 Å². The van der Waals surface area contributed by atoms with Gasteiger partial charge in [-0.25, -0.2) is 0 Å². The number of benzene rings is 3. The molecule has 0 atom stereocenters. The standard InChI is InChI=1S/C32H40N2O5S/c1-37-27-11-7-10-25(22-27)12-14-28-26(13-15-29(38-2)32(28)39-3)17-20-33-30(35)18-21-40-23-31(36)34-19-16-24-8-5-4-6-9-24/h4-11,13,15,22H,12,14,16-21,23H2,1-3H3,(H,33,35)(H,34,36). The first-order valence-corrected chi connectivity index (χ1v) is 14.7. The fourth-order valence-electron chi connectivity index (χ4n) is 4.43. The summed E-state index contributed by atoms with van der Waals surface area (Å²) in [5.41, 5.74) is 4.56. The third kappa shape index (κ3) is 10.2. The zero-order chi connectivity index (χ0) is 28.6. The van der Waals surface area contributed by atoms with Gasteiger partial charge in [0.1, 0.15) is 5.75 Å². The van der Waals surface area contributed by atoms with Gasteiger partial charge in [-0.3, -0.25) is 9.59 Å². The lowest BCUT2D eigenvalue weighted by molar-refractivity contribution is -0.121. The fourth-order valence-corrected chi connectivity index (χ4v) is 5.20. The monoisotopic (exact) mass is 564 g/mol. The Morgan fingerprint density at radius 1 is 0.725 bits per heavy atom. The number of carbonyl (C=O) groups excluding carboxylic acids is 2. The van der Waals surface area contributed by atoms with Crippen LogP contribution in [0.2, 0.25) is 0 Å². The van der Waals surface area contributed by atoms with Crippen molar-refractivity contribution in [2.45, 2.75) is 32.1 Å². The van der Waals surface area contributed by atoms with Crippen molar-refractivity contribution in [3.05, 3.63) is 89.0 Å². The molecule has 0 saturated heterocycles. The van der Waals surface area contributed by atoms with Gasteiger partial charge in [0, 0.05) is 30.8 Å². The maximum atomic E-state index is 12.4. The second-order valence-corrected chi connectivity index (χ2v) is 10.4. The van der Waals surface area contributed by atoms with Crippen molar-refractivity contribution in [3.8, 4) is 17.2 Å². The van der Waals surface area contributed by atoms with Crippen LogP contribution in [0.5, 0.6) is 17.2 Å². The Balaban J connectivity index is 1.42. The van der Waals surface area contributed by atoms with Crippen LogP contribution in [0.3, 0.4) is 0 Å². The van der Waals surface area contributed by atoms with E-state index in [4.69, 9.17) is 14.2 Å². The first kappa shape index (κ1) is 30.9. The molecule has 0 aliphatic heterocycles. The summed E-state index contributed by atoms with van der Waals surface area (Å²) in [6.07, 6.45) is 3.44. The van der Waals surface area contributed by atoms with Crippen LogP contribution >= 0.6 is 11.8 Å². The molecule has 0 aliphatic carbocycles. The summed E-state index contributed by atoms with van der Waals surface area (Å²) >= 11 is 1.47. The third-order valence-corrected chi connectivity index (χ3v) is 7.50. The van der Waals surface area contributed by atoms with Crippen LogP contribution in [0.25, 0.3) is 0 Å². The Morgan fingerprint density at radius 2 is 1.48 bits per heavy atom. The van der Waals surface area contributed by atoms with Crippen LogP contribution in [-0.4, -0.2) is 57.7 Å². The number of ether oxygens (including phenoxy) is 3. The van der Waals surface area contributed by atoms with E-state index < -0.39 is 0 Å². The molecule has 0 aliphatic rings. The van der Waals surface area contributed by atoms with Gasteiger partial charge in [-0.05, 0) is 60.6 Å². The summed E-state index contributed by atoms with van der Waals surface area (Å²) in [6.45, 7) is 1.13. The average molecular weight is 565 g/mol. The van der Waals surface area contributed by atoms with E-state index in [0.717, 1.165) is 41.9 Å². The Labute approximate surface area is 242 Å². The van der Waals surface area contributed by atoms with Crippen LogP contribution in [0.1, 0.15) is 28.7 Å². The van der Waals surface area contributed by atoms with Crippen molar-refractivity contribution in [3.63, 3.8) is 0 Å². The van der Waals surface area contributed by atoms with Gasteiger partial charge in [0.15, 0.2) is 11.5 Å². The Bertz CT molecular complexity index is 1220. The largest absolute Gasteiger partial charge is 0.497 e. The zero-order valence-electron chi connectivity index (χ0n) is 23.7. The Kier molecular flexibility index (Phi) is 13.2. The molecule has 214 valence electrons. The highest BCUT2D eigenvalue weighted by Gasteiger charge is 2.15. The predicted octanol–water partition coefficient (Wildman–Crippen LogP) is 4.64. The number of amides is 2. The van der Waals surface area contributed by atoms with Crippen molar-refractivity contribution in [1.82, 2.24) is 10.6 Å². The molecule has 0 unspecified atom stereocenters.